The van der Waals surface area contributed by atoms with Crippen LogP contribution in [0.15, 0.2) is 54.6 Å². The van der Waals surface area contributed by atoms with Crippen molar-refractivity contribution in [1.82, 2.24) is 4.90 Å². The maximum Gasteiger partial charge on any atom is 0.410 e. The van der Waals surface area contributed by atoms with Gasteiger partial charge in [0.2, 0.25) is 0 Å². The maximum absolute atomic E-state index is 15.6. The van der Waals surface area contributed by atoms with E-state index in [9.17, 15) is 10.1 Å². The zero-order valence-electron chi connectivity index (χ0n) is 21.4. The van der Waals surface area contributed by atoms with Crippen LogP contribution in [0.25, 0.3) is 11.1 Å². The molecule has 0 aliphatic carbocycles. The van der Waals surface area contributed by atoms with Gasteiger partial charge in [-0.05, 0) is 50.6 Å². The summed E-state index contributed by atoms with van der Waals surface area (Å²) in [5, 5.41) is 10.0. The van der Waals surface area contributed by atoms with Crippen molar-refractivity contribution in [3.05, 3.63) is 82.1 Å². The smallest absolute Gasteiger partial charge is 0.410 e. The highest BCUT2D eigenvalue weighted by atomic mass is 35.5. The van der Waals surface area contributed by atoms with Gasteiger partial charge in [-0.25, -0.2) is 9.18 Å². The van der Waals surface area contributed by atoms with Crippen LogP contribution in [0.4, 0.5) is 9.18 Å². The standard InChI is InChI=1S/C29H28ClFN2O4/c1-28(2,3)37-27(34)33(4)17-29(19-9-7-6-8-10-19)15-20-22(36-29)14-12-21(30)25(20)24-18(16-32)11-13-23(35-5)26(24)31/h6-14H,15,17H2,1-5H3/t29-/m1/s1. The molecule has 6 nitrogen and oxygen atoms in total. The summed E-state index contributed by atoms with van der Waals surface area (Å²) in [5.41, 5.74) is 0.339. The molecular formula is C29H28ClFN2O4. The highest BCUT2D eigenvalue weighted by Crippen LogP contribution is 2.50. The van der Waals surface area contributed by atoms with Crippen molar-refractivity contribution in [3.63, 3.8) is 0 Å². The molecule has 37 heavy (non-hydrogen) atoms. The van der Waals surface area contributed by atoms with Crippen LogP contribution in [0.5, 0.6) is 11.5 Å². The molecule has 0 bridgehead atoms. The lowest BCUT2D eigenvalue weighted by molar-refractivity contribution is 0.00582. The number of nitrogens with zero attached hydrogens (tertiary/aromatic N) is 2. The zero-order valence-corrected chi connectivity index (χ0v) is 22.1. The number of rotatable bonds is 5. The number of nitriles is 1. The second-order valence-corrected chi connectivity index (χ2v) is 10.4. The van der Waals surface area contributed by atoms with Crippen LogP contribution in [-0.4, -0.2) is 37.3 Å². The number of likely N-dealkylation sites (N-methyl/N-ethyl adjacent to an activating group) is 1. The Bertz CT molecular complexity index is 1380. The van der Waals surface area contributed by atoms with E-state index in [1.54, 1.807) is 40.0 Å². The molecule has 0 saturated carbocycles. The summed E-state index contributed by atoms with van der Waals surface area (Å²) in [5.74, 6) is -0.188. The number of carbonyl (C=O) groups excluding carboxylic acids is 1. The number of hydrogen-bond acceptors (Lipinski definition) is 5. The van der Waals surface area contributed by atoms with Crippen molar-refractivity contribution in [2.45, 2.75) is 38.4 Å². The third-order valence-electron chi connectivity index (χ3n) is 6.18. The summed E-state index contributed by atoms with van der Waals surface area (Å²) >= 11 is 6.65. The molecule has 3 aromatic rings. The van der Waals surface area contributed by atoms with E-state index in [1.807, 2.05) is 30.3 Å². The van der Waals surface area contributed by atoms with Crippen LogP contribution in [0.3, 0.4) is 0 Å². The number of amides is 1. The maximum atomic E-state index is 15.6. The Morgan fingerprint density at radius 3 is 2.49 bits per heavy atom. The number of carbonyl (C=O) groups is 1. The average molecular weight is 523 g/mol. The first-order valence-corrected chi connectivity index (χ1v) is 12.1. The Labute approximate surface area is 221 Å². The Morgan fingerprint density at radius 2 is 1.86 bits per heavy atom. The lowest BCUT2D eigenvalue weighted by Crippen LogP contribution is -2.46. The molecule has 0 aromatic heterocycles. The Kier molecular flexibility index (Phi) is 7.07. The van der Waals surface area contributed by atoms with Gasteiger partial charge in [0.1, 0.15) is 11.4 Å². The van der Waals surface area contributed by atoms with Gasteiger partial charge in [-0.3, -0.25) is 0 Å². The van der Waals surface area contributed by atoms with Crippen molar-refractivity contribution in [2.75, 3.05) is 20.7 Å². The number of methoxy groups -OCH3 is 1. The SMILES string of the molecule is COc1ccc(C#N)c(-c2c(Cl)ccc3c2C[C@@](CN(C)C(=O)OC(C)(C)C)(c2ccccc2)O3)c1F. The molecule has 0 saturated heterocycles. The number of ether oxygens (including phenoxy) is 3. The zero-order chi connectivity index (χ0) is 27.0. The molecule has 0 radical (unpaired) electrons. The van der Waals surface area contributed by atoms with Crippen molar-refractivity contribution in [2.24, 2.45) is 0 Å². The van der Waals surface area contributed by atoms with Gasteiger partial charge in [0, 0.05) is 35.2 Å². The Morgan fingerprint density at radius 1 is 1.16 bits per heavy atom. The minimum atomic E-state index is -1.00. The first-order chi connectivity index (χ1) is 17.5. The minimum Gasteiger partial charge on any atom is -0.494 e. The van der Waals surface area contributed by atoms with E-state index in [1.165, 1.54) is 24.1 Å². The number of halogens is 2. The van der Waals surface area contributed by atoms with E-state index in [4.69, 9.17) is 25.8 Å². The fourth-order valence-corrected chi connectivity index (χ4v) is 4.87. The van der Waals surface area contributed by atoms with Crippen molar-refractivity contribution >= 4 is 17.7 Å². The van der Waals surface area contributed by atoms with Crippen LogP contribution in [-0.2, 0) is 16.8 Å². The molecule has 0 unspecified atom stereocenters. The van der Waals surface area contributed by atoms with Gasteiger partial charge < -0.3 is 19.1 Å². The fourth-order valence-electron chi connectivity index (χ4n) is 4.60. The van der Waals surface area contributed by atoms with Gasteiger partial charge in [0.05, 0.1) is 25.3 Å². The largest absolute Gasteiger partial charge is 0.494 e. The number of fused-ring (bicyclic) bond motifs is 1. The normalized spacial score (nSPS) is 16.4. The predicted octanol–water partition coefficient (Wildman–Crippen LogP) is 6.72. The quantitative estimate of drug-likeness (QED) is 0.372. The predicted molar refractivity (Wildman–Crippen MR) is 139 cm³/mol. The van der Waals surface area contributed by atoms with Crippen molar-refractivity contribution in [3.8, 4) is 28.7 Å². The number of hydrogen-bond donors (Lipinski definition) is 0. The first kappa shape index (κ1) is 26.3. The average Bonchev–Trinajstić information content (AvgIpc) is 3.23. The van der Waals surface area contributed by atoms with E-state index in [0.717, 1.165) is 5.56 Å². The Balaban J connectivity index is 1.85. The summed E-state index contributed by atoms with van der Waals surface area (Å²) in [7, 11) is 3.01. The molecule has 1 heterocycles. The molecule has 1 amide bonds. The summed E-state index contributed by atoms with van der Waals surface area (Å²) in [6.45, 7) is 5.56. The third-order valence-corrected chi connectivity index (χ3v) is 6.50. The second kappa shape index (κ2) is 9.95. The van der Waals surface area contributed by atoms with E-state index < -0.39 is 23.1 Å². The molecule has 1 aliphatic rings. The van der Waals surface area contributed by atoms with Gasteiger partial charge in [-0.2, -0.15) is 5.26 Å². The van der Waals surface area contributed by atoms with Crippen LogP contribution < -0.4 is 9.47 Å². The van der Waals surface area contributed by atoms with E-state index in [0.29, 0.717) is 16.9 Å². The van der Waals surface area contributed by atoms with Crippen LogP contribution in [0.2, 0.25) is 5.02 Å². The third kappa shape index (κ3) is 5.07. The summed E-state index contributed by atoms with van der Waals surface area (Å²) in [6, 6.07) is 17.8. The summed E-state index contributed by atoms with van der Waals surface area (Å²) in [4.78, 5) is 14.3. The first-order valence-electron chi connectivity index (χ1n) is 11.8. The second-order valence-electron chi connectivity index (χ2n) is 9.99. The molecule has 0 spiro atoms. The van der Waals surface area contributed by atoms with Crippen LogP contribution in [0, 0.1) is 17.1 Å². The summed E-state index contributed by atoms with van der Waals surface area (Å²) < 4.78 is 32.9. The minimum absolute atomic E-state index is 0.000525. The molecule has 4 rings (SSSR count). The highest BCUT2D eigenvalue weighted by Gasteiger charge is 2.45. The van der Waals surface area contributed by atoms with Gasteiger partial charge in [-0.1, -0.05) is 41.9 Å². The lowest BCUT2D eigenvalue weighted by Gasteiger charge is -2.34. The van der Waals surface area contributed by atoms with Gasteiger partial charge in [-0.15, -0.1) is 0 Å². The molecule has 3 aromatic carbocycles. The number of benzene rings is 3. The van der Waals surface area contributed by atoms with E-state index in [-0.39, 0.29) is 34.9 Å². The lowest BCUT2D eigenvalue weighted by atomic mass is 9.85. The molecule has 8 heteroatoms. The topological polar surface area (TPSA) is 71.8 Å². The monoisotopic (exact) mass is 522 g/mol. The molecule has 0 fully saturated rings. The van der Waals surface area contributed by atoms with Gasteiger partial charge in [0.25, 0.3) is 0 Å². The fraction of sp³-hybridized carbons (Fsp3) is 0.310. The molecular weight excluding hydrogens is 495 g/mol. The Hall–Kier alpha value is -3.76. The van der Waals surface area contributed by atoms with Gasteiger partial charge >= 0.3 is 6.09 Å². The van der Waals surface area contributed by atoms with Crippen molar-refractivity contribution in [1.29, 1.82) is 5.26 Å². The van der Waals surface area contributed by atoms with Gasteiger partial charge in [0.15, 0.2) is 17.2 Å². The van der Waals surface area contributed by atoms with Crippen LogP contribution >= 0.6 is 11.6 Å². The van der Waals surface area contributed by atoms with Crippen LogP contribution in [0.1, 0.15) is 37.5 Å². The molecule has 1 aliphatic heterocycles. The molecule has 1 atom stereocenters. The summed E-state index contributed by atoms with van der Waals surface area (Å²) in [6.07, 6.45) is -0.220. The van der Waals surface area contributed by atoms with E-state index >= 15 is 4.39 Å². The van der Waals surface area contributed by atoms with E-state index in [2.05, 4.69) is 6.07 Å². The molecule has 0 N–H and O–H groups in total. The molecule has 192 valence electrons. The van der Waals surface area contributed by atoms with Crippen molar-refractivity contribution < 1.29 is 23.4 Å². The highest BCUT2D eigenvalue weighted by molar-refractivity contribution is 6.33.